The van der Waals surface area contributed by atoms with Crippen molar-refractivity contribution in [2.75, 3.05) is 20.8 Å². The molecule has 86 valence electrons. The molecule has 0 aromatic heterocycles. The molecule has 1 atom stereocenters. The average molecular weight is 222 g/mol. The quantitative estimate of drug-likeness (QED) is 0.830. The highest BCUT2D eigenvalue weighted by atomic mass is 16.5. The minimum Gasteiger partial charge on any atom is -0.493 e. The van der Waals surface area contributed by atoms with Gasteiger partial charge in [-0.15, -0.1) is 0 Å². The van der Waals surface area contributed by atoms with Crippen molar-refractivity contribution in [1.82, 2.24) is 0 Å². The van der Waals surface area contributed by atoms with Gasteiger partial charge in [0.05, 0.1) is 20.8 Å². The molecule has 0 amide bonds. The number of rotatable bonds is 3. The van der Waals surface area contributed by atoms with Crippen LogP contribution in [0.15, 0.2) is 12.1 Å². The second-order valence-corrected chi connectivity index (χ2v) is 3.81. The number of fused-ring (bicyclic) bond motifs is 1. The number of benzene rings is 1. The molecule has 0 aliphatic heterocycles. The van der Waals surface area contributed by atoms with Crippen molar-refractivity contribution in [3.8, 4) is 11.5 Å². The molecule has 0 fully saturated rings. The van der Waals surface area contributed by atoms with Gasteiger partial charge in [0.25, 0.3) is 0 Å². The first-order valence-electron chi connectivity index (χ1n) is 5.11. The zero-order chi connectivity index (χ0) is 11.7. The van der Waals surface area contributed by atoms with Crippen molar-refractivity contribution in [1.29, 1.82) is 0 Å². The van der Waals surface area contributed by atoms with Gasteiger partial charge in [-0.05, 0) is 24.1 Å². The minimum atomic E-state index is -0.313. The molecule has 1 aliphatic rings. The SMILES string of the molecule is COc1cc2c(cc1OC)C(=O)C(CO)C2. The lowest BCUT2D eigenvalue weighted by Gasteiger charge is -2.09. The van der Waals surface area contributed by atoms with Crippen LogP contribution < -0.4 is 9.47 Å². The molecule has 1 aliphatic carbocycles. The third-order valence-corrected chi connectivity index (χ3v) is 2.93. The first-order chi connectivity index (χ1) is 7.71. The molecule has 0 bridgehead atoms. The van der Waals surface area contributed by atoms with Crippen LogP contribution in [0.2, 0.25) is 0 Å². The van der Waals surface area contributed by atoms with Gasteiger partial charge in [-0.3, -0.25) is 4.79 Å². The van der Waals surface area contributed by atoms with Crippen LogP contribution in [0.1, 0.15) is 15.9 Å². The number of aliphatic hydroxyl groups is 1. The number of Topliss-reactive ketones (excluding diaryl/α,β-unsaturated/α-hetero) is 1. The number of carbonyl (C=O) groups is 1. The van der Waals surface area contributed by atoms with E-state index < -0.39 is 0 Å². The summed E-state index contributed by atoms with van der Waals surface area (Å²) in [6.07, 6.45) is 0.574. The van der Waals surface area contributed by atoms with E-state index in [9.17, 15) is 4.79 Å². The van der Waals surface area contributed by atoms with Crippen molar-refractivity contribution in [2.24, 2.45) is 5.92 Å². The van der Waals surface area contributed by atoms with Crippen LogP contribution in [0.4, 0.5) is 0 Å². The third-order valence-electron chi connectivity index (χ3n) is 2.93. The summed E-state index contributed by atoms with van der Waals surface area (Å²) in [6, 6.07) is 3.49. The number of ketones is 1. The van der Waals surface area contributed by atoms with E-state index in [1.807, 2.05) is 6.07 Å². The predicted molar refractivity (Wildman–Crippen MR) is 58.2 cm³/mol. The fraction of sp³-hybridized carbons (Fsp3) is 0.417. The molecule has 4 heteroatoms. The Morgan fingerprint density at radius 3 is 2.50 bits per heavy atom. The van der Waals surface area contributed by atoms with Crippen LogP contribution in [0.3, 0.4) is 0 Å². The fourth-order valence-corrected chi connectivity index (χ4v) is 2.04. The normalized spacial score (nSPS) is 18.4. The van der Waals surface area contributed by atoms with Gasteiger partial charge in [-0.25, -0.2) is 0 Å². The van der Waals surface area contributed by atoms with Gasteiger partial charge in [-0.2, -0.15) is 0 Å². The zero-order valence-electron chi connectivity index (χ0n) is 9.32. The molecular weight excluding hydrogens is 208 g/mol. The molecule has 0 saturated heterocycles. The fourth-order valence-electron chi connectivity index (χ4n) is 2.04. The van der Waals surface area contributed by atoms with Crippen LogP contribution in [0, 0.1) is 5.92 Å². The molecular formula is C12H14O4. The topological polar surface area (TPSA) is 55.8 Å². The van der Waals surface area contributed by atoms with Crippen molar-refractivity contribution in [3.05, 3.63) is 23.3 Å². The van der Waals surface area contributed by atoms with E-state index in [1.54, 1.807) is 13.2 Å². The summed E-state index contributed by atoms with van der Waals surface area (Å²) in [5, 5.41) is 9.08. The lowest BCUT2D eigenvalue weighted by atomic mass is 10.1. The second-order valence-electron chi connectivity index (χ2n) is 3.81. The van der Waals surface area contributed by atoms with Gasteiger partial charge in [-0.1, -0.05) is 0 Å². The lowest BCUT2D eigenvalue weighted by molar-refractivity contribution is 0.0883. The Morgan fingerprint density at radius 1 is 1.31 bits per heavy atom. The first-order valence-corrected chi connectivity index (χ1v) is 5.11. The first kappa shape index (κ1) is 11.0. The summed E-state index contributed by atoms with van der Waals surface area (Å²) in [5.41, 5.74) is 1.55. The summed E-state index contributed by atoms with van der Waals surface area (Å²) in [7, 11) is 3.09. The van der Waals surface area contributed by atoms with Crippen molar-refractivity contribution in [3.63, 3.8) is 0 Å². The molecule has 0 heterocycles. The van der Waals surface area contributed by atoms with Crippen LogP contribution >= 0.6 is 0 Å². The zero-order valence-corrected chi connectivity index (χ0v) is 9.32. The van der Waals surface area contributed by atoms with E-state index in [0.29, 0.717) is 23.5 Å². The van der Waals surface area contributed by atoms with Crippen LogP contribution in [-0.4, -0.2) is 31.7 Å². The Hall–Kier alpha value is -1.55. The Bertz CT molecular complexity index is 425. The Morgan fingerprint density at radius 2 is 1.94 bits per heavy atom. The highest BCUT2D eigenvalue weighted by Crippen LogP contribution is 2.36. The maximum Gasteiger partial charge on any atom is 0.168 e. The van der Waals surface area contributed by atoms with E-state index in [2.05, 4.69) is 0 Å². The maximum atomic E-state index is 11.8. The monoisotopic (exact) mass is 222 g/mol. The number of aliphatic hydroxyl groups excluding tert-OH is 1. The van der Waals surface area contributed by atoms with Crippen LogP contribution in [-0.2, 0) is 6.42 Å². The van der Waals surface area contributed by atoms with Crippen LogP contribution in [0.25, 0.3) is 0 Å². The summed E-state index contributed by atoms with van der Waals surface area (Å²) >= 11 is 0. The summed E-state index contributed by atoms with van der Waals surface area (Å²) in [6.45, 7) is -0.113. The molecule has 0 radical (unpaired) electrons. The molecule has 16 heavy (non-hydrogen) atoms. The van der Waals surface area contributed by atoms with E-state index in [0.717, 1.165) is 5.56 Å². The Balaban J connectivity index is 2.47. The number of hydrogen-bond donors (Lipinski definition) is 1. The number of ether oxygens (including phenoxy) is 2. The van der Waals surface area contributed by atoms with Gasteiger partial charge in [0.2, 0.25) is 0 Å². The summed E-state index contributed by atoms with van der Waals surface area (Å²) < 4.78 is 10.3. The number of hydrogen-bond acceptors (Lipinski definition) is 4. The Labute approximate surface area is 93.8 Å². The molecule has 1 aromatic carbocycles. The standard InChI is InChI=1S/C12H14O4/c1-15-10-4-7-3-8(6-13)12(14)9(7)5-11(10)16-2/h4-5,8,13H,3,6H2,1-2H3. The molecule has 4 nitrogen and oxygen atoms in total. The van der Waals surface area contributed by atoms with Gasteiger partial charge in [0, 0.05) is 11.5 Å². The maximum absolute atomic E-state index is 11.8. The van der Waals surface area contributed by atoms with E-state index in [-0.39, 0.29) is 18.3 Å². The molecule has 1 aromatic rings. The van der Waals surface area contributed by atoms with E-state index >= 15 is 0 Å². The summed E-state index contributed by atoms with van der Waals surface area (Å²) in [4.78, 5) is 11.8. The Kier molecular flexibility index (Phi) is 2.83. The van der Waals surface area contributed by atoms with Gasteiger partial charge in [0.15, 0.2) is 17.3 Å². The lowest BCUT2D eigenvalue weighted by Crippen LogP contribution is -2.12. The smallest absolute Gasteiger partial charge is 0.168 e. The van der Waals surface area contributed by atoms with E-state index in [1.165, 1.54) is 7.11 Å². The third kappa shape index (κ3) is 1.55. The molecule has 0 saturated carbocycles. The molecule has 0 spiro atoms. The van der Waals surface area contributed by atoms with Crippen molar-refractivity contribution in [2.45, 2.75) is 6.42 Å². The van der Waals surface area contributed by atoms with Crippen molar-refractivity contribution >= 4 is 5.78 Å². The number of carbonyl (C=O) groups excluding carboxylic acids is 1. The van der Waals surface area contributed by atoms with Gasteiger partial charge >= 0.3 is 0 Å². The molecule has 1 N–H and O–H groups in total. The highest BCUT2D eigenvalue weighted by molar-refractivity contribution is 6.03. The van der Waals surface area contributed by atoms with E-state index in [4.69, 9.17) is 14.6 Å². The molecule has 1 unspecified atom stereocenters. The van der Waals surface area contributed by atoms with Crippen LogP contribution in [0.5, 0.6) is 11.5 Å². The summed E-state index contributed by atoms with van der Waals surface area (Å²) in [5.74, 6) is 0.839. The predicted octanol–water partition coefficient (Wildman–Crippen LogP) is 1.05. The minimum absolute atomic E-state index is 0.0153. The largest absolute Gasteiger partial charge is 0.493 e. The molecule has 2 rings (SSSR count). The van der Waals surface area contributed by atoms with Gasteiger partial charge < -0.3 is 14.6 Å². The highest BCUT2D eigenvalue weighted by Gasteiger charge is 2.31. The number of methoxy groups -OCH3 is 2. The second kappa shape index (κ2) is 4.14. The van der Waals surface area contributed by atoms with Crippen molar-refractivity contribution < 1.29 is 19.4 Å². The van der Waals surface area contributed by atoms with Gasteiger partial charge in [0.1, 0.15) is 0 Å². The average Bonchev–Trinajstić information content (AvgIpc) is 2.63.